The van der Waals surface area contributed by atoms with Crippen molar-refractivity contribution in [3.05, 3.63) is 71.5 Å². The van der Waals surface area contributed by atoms with Crippen molar-refractivity contribution in [3.63, 3.8) is 0 Å². The quantitative estimate of drug-likeness (QED) is 0.748. The van der Waals surface area contributed by atoms with Crippen LogP contribution < -0.4 is 5.32 Å². The summed E-state index contributed by atoms with van der Waals surface area (Å²) in [7, 11) is 0. The smallest absolute Gasteiger partial charge is 0.251 e. The third-order valence-electron chi connectivity index (χ3n) is 5.01. The Bertz CT molecular complexity index is 919. The maximum Gasteiger partial charge on any atom is 0.251 e. The van der Waals surface area contributed by atoms with E-state index in [4.69, 9.17) is 5.11 Å². The van der Waals surface area contributed by atoms with E-state index in [1.54, 1.807) is 24.3 Å². The van der Waals surface area contributed by atoms with E-state index < -0.39 is 0 Å². The predicted molar refractivity (Wildman–Crippen MR) is 102 cm³/mol. The Labute approximate surface area is 157 Å². The molecule has 1 aliphatic heterocycles. The van der Waals surface area contributed by atoms with Crippen LogP contribution >= 0.6 is 0 Å². The summed E-state index contributed by atoms with van der Waals surface area (Å²) < 4.78 is 2.16. The third kappa shape index (κ3) is 3.75. The summed E-state index contributed by atoms with van der Waals surface area (Å²) in [5, 5.41) is 21.0. The van der Waals surface area contributed by atoms with Crippen LogP contribution in [0.1, 0.15) is 34.6 Å². The lowest BCUT2D eigenvalue weighted by Gasteiger charge is -2.16. The number of aliphatic hydroxyl groups excluding tert-OH is 1. The first-order valence-electron chi connectivity index (χ1n) is 9.23. The summed E-state index contributed by atoms with van der Waals surface area (Å²) in [6.07, 6.45) is 2.47. The Morgan fingerprint density at radius 1 is 1.07 bits per heavy atom. The maximum absolute atomic E-state index is 12.5. The second-order valence-corrected chi connectivity index (χ2v) is 6.81. The van der Waals surface area contributed by atoms with E-state index >= 15 is 0 Å². The van der Waals surface area contributed by atoms with Gasteiger partial charge in [-0.3, -0.25) is 4.79 Å². The van der Waals surface area contributed by atoms with Gasteiger partial charge in [-0.1, -0.05) is 42.5 Å². The molecule has 1 aliphatic rings. The zero-order chi connectivity index (χ0) is 18.6. The molecule has 0 radical (unpaired) electrons. The molecule has 0 aliphatic carbocycles. The normalized spacial score (nSPS) is 16.4. The molecule has 4 rings (SSSR count). The number of aromatic nitrogens is 3. The Hall–Kier alpha value is -2.99. The minimum Gasteiger partial charge on any atom is -0.392 e. The molecule has 0 bridgehead atoms. The molecular weight excluding hydrogens is 340 g/mol. The number of aliphatic hydroxyl groups is 1. The molecule has 27 heavy (non-hydrogen) atoms. The molecule has 2 N–H and O–H groups in total. The maximum atomic E-state index is 12.5. The van der Waals surface area contributed by atoms with Crippen LogP contribution in [0.25, 0.3) is 11.4 Å². The molecule has 0 spiro atoms. The van der Waals surface area contributed by atoms with Gasteiger partial charge in [0.05, 0.1) is 6.61 Å². The van der Waals surface area contributed by atoms with Gasteiger partial charge in [-0.15, -0.1) is 10.2 Å². The van der Waals surface area contributed by atoms with Crippen molar-refractivity contribution in [2.24, 2.45) is 0 Å². The molecule has 1 atom stereocenters. The number of nitrogens with zero attached hydrogens (tertiary/aromatic N) is 3. The second kappa shape index (κ2) is 7.72. The molecule has 6 nitrogen and oxygen atoms in total. The van der Waals surface area contributed by atoms with Crippen LogP contribution in [0.3, 0.4) is 0 Å². The summed E-state index contributed by atoms with van der Waals surface area (Å²) in [5.74, 6) is 1.78. The average Bonchev–Trinajstić information content (AvgIpc) is 3.03. The fourth-order valence-electron chi connectivity index (χ4n) is 3.46. The van der Waals surface area contributed by atoms with Crippen LogP contribution in [0.15, 0.2) is 54.6 Å². The van der Waals surface area contributed by atoms with Gasteiger partial charge in [0.15, 0.2) is 5.82 Å². The number of aryl methyl sites for hydroxylation is 1. The van der Waals surface area contributed by atoms with Crippen molar-refractivity contribution in [2.75, 3.05) is 0 Å². The summed E-state index contributed by atoms with van der Waals surface area (Å²) in [6, 6.07) is 17.2. The van der Waals surface area contributed by atoms with Crippen molar-refractivity contribution in [1.82, 2.24) is 20.1 Å². The van der Waals surface area contributed by atoms with Gasteiger partial charge in [0.1, 0.15) is 5.82 Å². The molecule has 2 heterocycles. The van der Waals surface area contributed by atoms with E-state index in [9.17, 15) is 4.79 Å². The van der Waals surface area contributed by atoms with Crippen LogP contribution in [-0.4, -0.2) is 31.8 Å². The fourth-order valence-corrected chi connectivity index (χ4v) is 3.46. The topological polar surface area (TPSA) is 80.0 Å². The highest BCUT2D eigenvalue weighted by Crippen LogP contribution is 2.22. The zero-order valence-corrected chi connectivity index (χ0v) is 15.0. The van der Waals surface area contributed by atoms with Crippen molar-refractivity contribution >= 4 is 5.91 Å². The van der Waals surface area contributed by atoms with E-state index in [1.807, 2.05) is 30.3 Å². The first kappa shape index (κ1) is 17.4. The third-order valence-corrected chi connectivity index (χ3v) is 5.01. The van der Waals surface area contributed by atoms with Gasteiger partial charge in [-0.25, -0.2) is 0 Å². The molecule has 0 saturated carbocycles. The Morgan fingerprint density at radius 3 is 2.59 bits per heavy atom. The van der Waals surface area contributed by atoms with Crippen LogP contribution in [0.4, 0.5) is 0 Å². The van der Waals surface area contributed by atoms with E-state index in [2.05, 4.69) is 20.1 Å². The van der Waals surface area contributed by atoms with E-state index in [0.717, 1.165) is 48.6 Å². The van der Waals surface area contributed by atoms with Crippen LogP contribution in [0, 0.1) is 0 Å². The summed E-state index contributed by atoms with van der Waals surface area (Å²) in [4.78, 5) is 12.5. The number of fused-ring (bicyclic) bond motifs is 1. The van der Waals surface area contributed by atoms with Gasteiger partial charge in [-0.2, -0.15) is 0 Å². The standard InChI is InChI=1S/C21H22N4O2/c26-14-15-6-8-17(9-7-15)21(27)22-18-10-11-19-23-24-20(25(19)13-12-18)16-4-2-1-3-5-16/h1-9,18,26H,10-14H2,(H,22,27). The average molecular weight is 362 g/mol. The van der Waals surface area contributed by atoms with Gasteiger partial charge in [0.2, 0.25) is 0 Å². The Kier molecular flexibility index (Phi) is 4.98. The number of benzene rings is 2. The zero-order valence-electron chi connectivity index (χ0n) is 15.0. The van der Waals surface area contributed by atoms with Crippen molar-refractivity contribution in [1.29, 1.82) is 0 Å². The minimum atomic E-state index is -0.0783. The molecule has 0 fully saturated rings. The monoisotopic (exact) mass is 362 g/mol. The molecular formula is C21H22N4O2. The van der Waals surface area contributed by atoms with Crippen molar-refractivity contribution in [2.45, 2.75) is 38.5 Å². The first-order valence-corrected chi connectivity index (χ1v) is 9.23. The highest BCUT2D eigenvalue weighted by atomic mass is 16.3. The van der Waals surface area contributed by atoms with E-state index in [0.29, 0.717) is 5.56 Å². The Balaban J connectivity index is 1.44. The highest BCUT2D eigenvalue weighted by molar-refractivity contribution is 5.94. The Morgan fingerprint density at radius 2 is 1.85 bits per heavy atom. The van der Waals surface area contributed by atoms with Gasteiger partial charge < -0.3 is 15.0 Å². The molecule has 3 aromatic rings. The number of carbonyl (C=O) groups excluding carboxylic acids is 1. The predicted octanol–water partition coefficient (Wildman–Crippen LogP) is 2.57. The van der Waals surface area contributed by atoms with Crippen LogP contribution in [0.2, 0.25) is 0 Å². The van der Waals surface area contributed by atoms with E-state index in [1.165, 1.54) is 0 Å². The largest absolute Gasteiger partial charge is 0.392 e. The van der Waals surface area contributed by atoms with Gasteiger partial charge >= 0.3 is 0 Å². The van der Waals surface area contributed by atoms with Crippen molar-refractivity contribution in [3.8, 4) is 11.4 Å². The lowest BCUT2D eigenvalue weighted by molar-refractivity contribution is 0.0933. The van der Waals surface area contributed by atoms with Gasteiger partial charge in [0, 0.05) is 30.1 Å². The number of rotatable bonds is 4. The molecule has 138 valence electrons. The van der Waals surface area contributed by atoms with Gasteiger partial charge in [-0.05, 0) is 30.5 Å². The molecule has 1 aromatic heterocycles. The number of hydrogen-bond acceptors (Lipinski definition) is 4. The van der Waals surface area contributed by atoms with Gasteiger partial charge in [0.25, 0.3) is 5.91 Å². The van der Waals surface area contributed by atoms with Crippen LogP contribution in [0.5, 0.6) is 0 Å². The molecule has 2 aromatic carbocycles. The first-order chi connectivity index (χ1) is 13.2. The van der Waals surface area contributed by atoms with Crippen molar-refractivity contribution < 1.29 is 9.90 Å². The minimum absolute atomic E-state index is 0.0201. The lowest BCUT2D eigenvalue weighted by Crippen LogP contribution is -2.35. The SMILES string of the molecule is O=C(NC1CCc2nnc(-c3ccccc3)n2CC1)c1ccc(CO)cc1. The molecule has 6 heteroatoms. The molecule has 1 unspecified atom stereocenters. The fraction of sp³-hybridized carbons (Fsp3) is 0.286. The number of nitrogens with one attached hydrogen (secondary N) is 1. The summed E-state index contributed by atoms with van der Waals surface area (Å²) in [5.41, 5.74) is 2.47. The molecule has 0 saturated heterocycles. The number of amides is 1. The van der Waals surface area contributed by atoms with E-state index in [-0.39, 0.29) is 18.6 Å². The highest BCUT2D eigenvalue weighted by Gasteiger charge is 2.22. The summed E-state index contributed by atoms with van der Waals surface area (Å²) in [6.45, 7) is 0.759. The van der Waals surface area contributed by atoms with Crippen LogP contribution in [-0.2, 0) is 19.6 Å². The second-order valence-electron chi connectivity index (χ2n) is 6.81. The lowest BCUT2D eigenvalue weighted by atomic mass is 10.1. The molecule has 1 amide bonds. The number of carbonyl (C=O) groups is 1. The summed E-state index contributed by atoms with van der Waals surface area (Å²) >= 11 is 0. The number of hydrogen-bond donors (Lipinski definition) is 2.